The number of rotatable bonds is 22. The van der Waals surface area contributed by atoms with Crippen LogP contribution in [0.4, 0.5) is 0 Å². The number of aromatic nitrogens is 3. The number of ketones is 1. The maximum absolute atomic E-state index is 10.7. The van der Waals surface area contributed by atoms with Crippen molar-refractivity contribution in [2.24, 2.45) is 0 Å². The summed E-state index contributed by atoms with van der Waals surface area (Å²) in [6.45, 7) is 8.71. The van der Waals surface area contributed by atoms with Gasteiger partial charge in [-0.25, -0.2) is 4.68 Å². The van der Waals surface area contributed by atoms with Crippen molar-refractivity contribution in [3.05, 3.63) is 11.9 Å². The van der Waals surface area contributed by atoms with Gasteiger partial charge in [0.1, 0.15) is 5.78 Å². The Morgan fingerprint density at radius 3 is 2.03 bits per heavy atom. The van der Waals surface area contributed by atoms with E-state index < -0.39 is 0 Å². The first kappa shape index (κ1) is 26.7. The lowest BCUT2D eigenvalue weighted by atomic mass is 10.1. The molecule has 0 aliphatic carbocycles. The normalized spacial score (nSPS) is 11.3. The van der Waals surface area contributed by atoms with Crippen LogP contribution in [0, 0.1) is 0 Å². The van der Waals surface area contributed by atoms with E-state index in [0.717, 1.165) is 12.1 Å². The fourth-order valence-corrected chi connectivity index (χ4v) is 2.78. The predicted molar refractivity (Wildman–Crippen MR) is 116 cm³/mol. The van der Waals surface area contributed by atoms with Crippen molar-refractivity contribution in [3.63, 3.8) is 0 Å². The molecule has 0 aromatic carbocycles. The lowest BCUT2D eigenvalue weighted by Gasteiger charge is -2.07. The summed E-state index contributed by atoms with van der Waals surface area (Å²) in [5.41, 5.74) is 1.07. The molecule has 8 heteroatoms. The van der Waals surface area contributed by atoms with E-state index in [1.165, 1.54) is 38.5 Å². The fourth-order valence-electron chi connectivity index (χ4n) is 2.78. The number of hydrogen-bond acceptors (Lipinski definition) is 7. The summed E-state index contributed by atoms with van der Waals surface area (Å²) >= 11 is 0. The summed E-state index contributed by atoms with van der Waals surface area (Å²) < 4.78 is 23.5. The summed E-state index contributed by atoms with van der Waals surface area (Å²) in [6.07, 6.45) is 11.2. The Morgan fingerprint density at radius 1 is 0.833 bits per heavy atom. The molecule has 0 fully saturated rings. The van der Waals surface area contributed by atoms with Crippen molar-refractivity contribution in [3.8, 4) is 0 Å². The molecule has 0 spiro atoms. The zero-order valence-electron chi connectivity index (χ0n) is 19.0. The quantitative estimate of drug-likeness (QED) is 0.263. The minimum Gasteiger partial charge on any atom is -0.379 e. The van der Waals surface area contributed by atoms with Gasteiger partial charge in [0, 0.05) is 12.6 Å². The first-order valence-electron chi connectivity index (χ1n) is 11.4. The van der Waals surface area contributed by atoms with E-state index in [9.17, 15) is 4.79 Å². The van der Waals surface area contributed by atoms with Gasteiger partial charge in [0.25, 0.3) is 0 Å². The SMILES string of the molecule is CCCCCCCCc1cn(CCOCCOCCOCCOCCC(C)=O)nn1. The van der Waals surface area contributed by atoms with Crippen LogP contribution in [0.2, 0.25) is 0 Å². The van der Waals surface area contributed by atoms with Gasteiger partial charge in [0.15, 0.2) is 0 Å². The second-order valence-corrected chi connectivity index (χ2v) is 7.39. The molecule has 0 saturated heterocycles. The van der Waals surface area contributed by atoms with Crippen molar-refractivity contribution in [2.75, 3.05) is 52.9 Å². The summed E-state index contributed by atoms with van der Waals surface area (Å²) in [5.74, 6) is 0.140. The molecule has 0 bridgehead atoms. The minimum atomic E-state index is 0.140. The second kappa shape index (κ2) is 19.6. The van der Waals surface area contributed by atoms with Crippen LogP contribution in [0.25, 0.3) is 0 Å². The summed E-state index contributed by atoms with van der Waals surface area (Å²) in [7, 11) is 0. The molecule has 8 nitrogen and oxygen atoms in total. The lowest BCUT2D eigenvalue weighted by Crippen LogP contribution is -2.13. The molecule has 1 heterocycles. The average Bonchev–Trinajstić information content (AvgIpc) is 3.18. The molecule has 1 rings (SSSR count). The average molecular weight is 428 g/mol. The van der Waals surface area contributed by atoms with Crippen molar-refractivity contribution < 1.29 is 23.7 Å². The molecular formula is C22H41N3O5. The van der Waals surface area contributed by atoms with Crippen LogP contribution in [0.3, 0.4) is 0 Å². The van der Waals surface area contributed by atoms with Crippen LogP contribution >= 0.6 is 0 Å². The number of aryl methyl sites for hydroxylation is 1. The Hall–Kier alpha value is -1.35. The van der Waals surface area contributed by atoms with Crippen LogP contribution in [-0.4, -0.2) is 73.6 Å². The molecule has 0 unspecified atom stereocenters. The Balaban J connectivity index is 1.84. The van der Waals surface area contributed by atoms with Gasteiger partial charge < -0.3 is 18.9 Å². The molecule has 0 aliphatic heterocycles. The third kappa shape index (κ3) is 16.4. The van der Waals surface area contributed by atoms with Gasteiger partial charge in [-0.1, -0.05) is 44.2 Å². The smallest absolute Gasteiger partial charge is 0.132 e. The third-order valence-corrected chi connectivity index (χ3v) is 4.55. The van der Waals surface area contributed by atoms with Gasteiger partial charge in [-0.05, 0) is 19.8 Å². The number of hydrogen-bond donors (Lipinski definition) is 0. The first-order chi connectivity index (χ1) is 14.7. The van der Waals surface area contributed by atoms with Gasteiger partial charge in [-0.15, -0.1) is 5.10 Å². The molecule has 174 valence electrons. The number of Topliss-reactive ketones (excluding diaryl/α,β-unsaturated/α-hetero) is 1. The van der Waals surface area contributed by atoms with E-state index >= 15 is 0 Å². The molecule has 0 atom stereocenters. The zero-order chi connectivity index (χ0) is 21.7. The van der Waals surface area contributed by atoms with Crippen LogP contribution in [0.1, 0.15) is 64.5 Å². The summed E-state index contributed by atoms with van der Waals surface area (Å²) in [6, 6.07) is 0. The van der Waals surface area contributed by atoms with Crippen LogP contribution in [0.5, 0.6) is 0 Å². The Kier molecular flexibility index (Phi) is 17.4. The van der Waals surface area contributed by atoms with E-state index in [-0.39, 0.29) is 5.78 Å². The molecule has 0 saturated carbocycles. The second-order valence-electron chi connectivity index (χ2n) is 7.39. The topological polar surface area (TPSA) is 84.7 Å². The highest BCUT2D eigenvalue weighted by Gasteiger charge is 2.01. The van der Waals surface area contributed by atoms with Crippen LogP contribution in [-0.2, 0) is 36.7 Å². The van der Waals surface area contributed by atoms with Crippen molar-refractivity contribution in [1.29, 1.82) is 0 Å². The number of carbonyl (C=O) groups is 1. The molecular weight excluding hydrogens is 386 g/mol. The maximum atomic E-state index is 10.7. The van der Waals surface area contributed by atoms with Gasteiger partial charge >= 0.3 is 0 Å². The van der Waals surface area contributed by atoms with Crippen molar-refractivity contribution >= 4 is 5.78 Å². The molecule has 0 aliphatic rings. The van der Waals surface area contributed by atoms with Gasteiger partial charge in [0.2, 0.25) is 0 Å². The summed E-state index contributed by atoms with van der Waals surface area (Å²) in [5, 5.41) is 8.39. The largest absolute Gasteiger partial charge is 0.379 e. The Morgan fingerprint density at radius 2 is 1.40 bits per heavy atom. The molecule has 0 radical (unpaired) electrons. The highest BCUT2D eigenvalue weighted by molar-refractivity contribution is 5.75. The van der Waals surface area contributed by atoms with Crippen LogP contribution in [0.15, 0.2) is 6.20 Å². The number of unbranched alkanes of at least 4 members (excludes halogenated alkanes) is 5. The number of nitrogens with zero attached hydrogens (tertiary/aromatic N) is 3. The van der Waals surface area contributed by atoms with E-state index in [2.05, 4.69) is 17.2 Å². The van der Waals surface area contributed by atoms with Crippen molar-refractivity contribution in [1.82, 2.24) is 15.0 Å². The number of carbonyl (C=O) groups excluding carboxylic acids is 1. The Labute approximate surface area is 181 Å². The van der Waals surface area contributed by atoms with Gasteiger partial charge in [-0.3, -0.25) is 4.79 Å². The molecule has 1 aromatic heterocycles. The molecule has 0 amide bonds. The number of ether oxygens (including phenoxy) is 4. The Bertz CT molecular complexity index is 525. The van der Waals surface area contributed by atoms with E-state index in [0.29, 0.717) is 65.8 Å². The highest BCUT2D eigenvalue weighted by atomic mass is 16.6. The third-order valence-electron chi connectivity index (χ3n) is 4.55. The van der Waals surface area contributed by atoms with Gasteiger partial charge in [-0.2, -0.15) is 0 Å². The first-order valence-corrected chi connectivity index (χ1v) is 11.4. The predicted octanol–water partition coefficient (Wildman–Crippen LogP) is 3.23. The molecule has 1 aromatic rings. The molecule has 0 N–H and O–H groups in total. The molecule has 30 heavy (non-hydrogen) atoms. The minimum absolute atomic E-state index is 0.140. The van der Waals surface area contributed by atoms with Crippen LogP contribution < -0.4 is 0 Å². The van der Waals surface area contributed by atoms with E-state index in [1.807, 2.05) is 10.9 Å². The van der Waals surface area contributed by atoms with E-state index in [1.54, 1.807) is 6.92 Å². The standard InChI is InChI=1S/C22H41N3O5/c1-3-4-5-6-7-8-9-22-20-25(24-23-22)11-13-28-15-17-30-19-18-29-16-14-27-12-10-21(2)26/h20H,3-19H2,1-2H3. The maximum Gasteiger partial charge on any atom is 0.132 e. The van der Waals surface area contributed by atoms with Crippen molar-refractivity contribution in [2.45, 2.75) is 71.8 Å². The van der Waals surface area contributed by atoms with E-state index in [4.69, 9.17) is 18.9 Å². The lowest BCUT2D eigenvalue weighted by molar-refractivity contribution is -0.118. The zero-order valence-corrected chi connectivity index (χ0v) is 19.0. The summed E-state index contributed by atoms with van der Waals surface area (Å²) in [4.78, 5) is 10.7. The van der Waals surface area contributed by atoms with Gasteiger partial charge in [0.05, 0.1) is 65.1 Å². The highest BCUT2D eigenvalue weighted by Crippen LogP contribution is 2.08. The fraction of sp³-hybridized carbons (Fsp3) is 0.864. The monoisotopic (exact) mass is 427 g/mol.